The summed E-state index contributed by atoms with van der Waals surface area (Å²) in [6.07, 6.45) is 1.64. The van der Waals surface area contributed by atoms with Crippen LogP contribution in [0.3, 0.4) is 0 Å². The van der Waals surface area contributed by atoms with E-state index < -0.39 is 169 Å². The SMILES string of the molecule is CC[C@H](C)[C@H](NC(=O)[C@H](CCC(N)=O)NC(=O)[C@H](C)NC(=O)[C@H](CCCCN)NC(=O)[C@H](CC(=O)O)NC(=O)[C@H](CC(C)C)NC(=O)[C@@H](N)CCCCN)C(=O)N[C@@H](Cc1cnc[nH]1)C(=O)N[C@@H](CC(=O)O)C(=O)N[C@@H](CC(C)C)C(=O)O. The molecule has 31 nitrogen and oxygen atoms in total. The molecule has 1 aromatic rings. The van der Waals surface area contributed by atoms with Gasteiger partial charge in [-0.05, 0) is 89.1 Å². The third-order valence-corrected chi connectivity index (χ3v) is 13.0. The first-order valence-corrected chi connectivity index (χ1v) is 27.8. The third kappa shape index (κ3) is 28.6. The average molecular weight is 1180 g/mol. The Morgan fingerprint density at radius 2 is 0.952 bits per heavy atom. The van der Waals surface area contributed by atoms with E-state index >= 15 is 0 Å². The van der Waals surface area contributed by atoms with Crippen LogP contribution in [0.4, 0.5) is 0 Å². The van der Waals surface area contributed by atoms with Gasteiger partial charge >= 0.3 is 17.9 Å². The number of hydrogen-bond acceptors (Lipinski definition) is 17. The van der Waals surface area contributed by atoms with Gasteiger partial charge in [-0.3, -0.25) is 57.5 Å². The average Bonchev–Trinajstić information content (AvgIpc) is 4.08. The summed E-state index contributed by atoms with van der Waals surface area (Å²) in [7, 11) is 0. The van der Waals surface area contributed by atoms with E-state index in [0.29, 0.717) is 25.8 Å². The number of aromatic nitrogens is 2. The number of carboxylic acid groups (broad SMARTS) is 3. The van der Waals surface area contributed by atoms with Gasteiger partial charge in [0.15, 0.2) is 0 Å². The van der Waals surface area contributed by atoms with Crippen molar-refractivity contribution in [3.63, 3.8) is 0 Å². The fourth-order valence-electron chi connectivity index (χ4n) is 8.21. The van der Waals surface area contributed by atoms with Crippen LogP contribution in [0.1, 0.15) is 138 Å². The van der Waals surface area contributed by atoms with E-state index in [2.05, 4.69) is 57.8 Å². The number of H-pyrrole nitrogens is 1. The van der Waals surface area contributed by atoms with Gasteiger partial charge in [0.1, 0.15) is 54.4 Å². The number of amides is 10. The lowest BCUT2D eigenvalue weighted by atomic mass is 9.96. The molecule has 11 atom stereocenters. The van der Waals surface area contributed by atoms with Crippen LogP contribution in [0.2, 0.25) is 0 Å². The van der Waals surface area contributed by atoms with Crippen molar-refractivity contribution in [1.29, 1.82) is 0 Å². The molecule has 0 aromatic carbocycles. The number of carbonyl (C=O) groups excluding carboxylic acids is 10. The maximum absolute atomic E-state index is 14.2. The van der Waals surface area contributed by atoms with Gasteiger partial charge in [0.05, 0.1) is 25.2 Å². The summed E-state index contributed by atoms with van der Waals surface area (Å²) in [4.78, 5) is 178. The summed E-state index contributed by atoms with van der Waals surface area (Å²) < 4.78 is 0. The molecular formula is C52H89N15O16. The predicted octanol–water partition coefficient (Wildman–Crippen LogP) is -3.64. The second-order valence-electron chi connectivity index (χ2n) is 21.3. The molecule has 0 fully saturated rings. The van der Waals surface area contributed by atoms with E-state index in [1.165, 1.54) is 19.4 Å². The Labute approximate surface area is 482 Å². The summed E-state index contributed by atoms with van der Waals surface area (Å²) in [5, 5.41) is 50.9. The summed E-state index contributed by atoms with van der Waals surface area (Å²) in [6, 6.07) is -14.9. The zero-order valence-corrected chi connectivity index (χ0v) is 48.4. The highest BCUT2D eigenvalue weighted by molar-refractivity contribution is 5.99. The fraction of sp³-hybridized carbons (Fsp3) is 0.692. The largest absolute Gasteiger partial charge is 0.481 e. The molecule has 21 N–H and O–H groups in total. The molecule has 0 aliphatic heterocycles. The lowest BCUT2D eigenvalue weighted by Gasteiger charge is -2.29. The number of unbranched alkanes of at least 4 members (excludes halogenated alkanes) is 2. The predicted molar refractivity (Wildman–Crippen MR) is 298 cm³/mol. The number of carboxylic acids is 3. The number of rotatable bonds is 42. The van der Waals surface area contributed by atoms with Crippen molar-refractivity contribution in [2.24, 2.45) is 40.7 Å². The first-order valence-electron chi connectivity index (χ1n) is 27.8. The standard InChI is InChI=1S/C52H89N15O16/c1-8-28(6)42(51(81)65-35(21-30-24-57-25-58-30)48(78)64-37(23-41(71)72)50(80)66-38(52(82)83)20-27(4)5)67-46(76)33(15-16-39(56)68)60-43(73)29(7)59-45(75)32(14-10-12-18-54)61-49(79)36(22-40(69)70)63-47(77)34(19-26(2)3)62-44(74)31(55)13-9-11-17-53/h24-29,31-38,42H,8-23,53-55H2,1-7H3,(H2,56,68)(H,57,58)(H,59,75)(H,60,73)(H,61,79)(H,62,74)(H,63,77)(H,64,78)(H,65,81)(H,66,80)(H,67,76)(H,69,70)(H,71,72)(H,82,83)/t28-,29-,31-,32-,33-,34-,35-,36-,37-,38-,42-/m0/s1. The first kappa shape index (κ1) is 73.2. The number of nitrogens with zero attached hydrogens (tertiary/aromatic N) is 1. The van der Waals surface area contributed by atoms with Crippen LogP contribution < -0.4 is 70.8 Å². The van der Waals surface area contributed by atoms with E-state index in [-0.39, 0.29) is 69.0 Å². The molecule has 0 spiro atoms. The number of nitrogens with one attached hydrogen (secondary N) is 10. The van der Waals surface area contributed by atoms with Crippen molar-refractivity contribution in [1.82, 2.24) is 57.8 Å². The molecule has 31 heteroatoms. The monoisotopic (exact) mass is 1180 g/mol. The van der Waals surface area contributed by atoms with Crippen molar-refractivity contribution in [3.8, 4) is 0 Å². The number of hydrogen-bond donors (Lipinski definition) is 17. The van der Waals surface area contributed by atoms with Gasteiger partial charge < -0.3 is 91.1 Å². The molecule has 0 saturated carbocycles. The fourth-order valence-corrected chi connectivity index (χ4v) is 8.21. The van der Waals surface area contributed by atoms with E-state index in [1.54, 1.807) is 41.5 Å². The molecule has 1 aromatic heterocycles. The lowest BCUT2D eigenvalue weighted by Crippen LogP contribution is -2.61. The highest BCUT2D eigenvalue weighted by atomic mass is 16.4. The second-order valence-corrected chi connectivity index (χ2v) is 21.3. The number of aliphatic carboxylic acids is 3. The molecule has 83 heavy (non-hydrogen) atoms. The van der Waals surface area contributed by atoms with Crippen LogP contribution in [-0.4, -0.2) is 176 Å². The van der Waals surface area contributed by atoms with Crippen LogP contribution in [0, 0.1) is 17.8 Å². The zero-order chi connectivity index (χ0) is 63.1. The molecule has 0 bridgehead atoms. The highest BCUT2D eigenvalue weighted by Crippen LogP contribution is 2.14. The number of nitrogens with two attached hydrogens (primary N) is 4. The van der Waals surface area contributed by atoms with Gasteiger partial charge in [0.2, 0.25) is 59.1 Å². The molecule has 1 heterocycles. The molecule has 468 valence electrons. The topological polar surface area (TPSA) is 524 Å². The number of aromatic amines is 1. The van der Waals surface area contributed by atoms with Gasteiger partial charge in [0, 0.05) is 24.7 Å². The first-order chi connectivity index (χ1) is 38.9. The van der Waals surface area contributed by atoms with Crippen LogP contribution in [0.15, 0.2) is 12.5 Å². The van der Waals surface area contributed by atoms with Crippen molar-refractivity contribution < 1.29 is 77.6 Å². The number of carbonyl (C=O) groups is 13. The molecule has 0 radical (unpaired) electrons. The normalized spacial score (nSPS) is 15.2. The Morgan fingerprint density at radius 1 is 0.518 bits per heavy atom. The Hall–Kier alpha value is -7.80. The van der Waals surface area contributed by atoms with Crippen molar-refractivity contribution in [2.45, 2.75) is 199 Å². The van der Waals surface area contributed by atoms with E-state index in [9.17, 15) is 77.6 Å². The maximum atomic E-state index is 14.2. The van der Waals surface area contributed by atoms with Gasteiger partial charge in [0.25, 0.3) is 0 Å². The minimum atomic E-state index is -1.82. The van der Waals surface area contributed by atoms with Crippen LogP contribution in [-0.2, 0) is 68.7 Å². The maximum Gasteiger partial charge on any atom is 0.326 e. The van der Waals surface area contributed by atoms with Gasteiger partial charge in [-0.25, -0.2) is 9.78 Å². The summed E-state index contributed by atoms with van der Waals surface area (Å²) >= 11 is 0. The summed E-state index contributed by atoms with van der Waals surface area (Å²) in [5.41, 5.74) is 23.0. The molecular weight excluding hydrogens is 1090 g/mol. The van der Waals surface area contributed by atoms with Crippen molar-refractivity contribution in [3.05, 3.63) is 18.2 Å². The van der Waals surface area contributed by atoms with E-state index in [4.69, 9.17) is 22.9 Å². The number of primary amides is 1. The lowest BCUT2D eigenvalue weighted by molar-refractivity contribution is -0.144. The Morgan fingerprint density at radius 3 is 1.43 bits per heavy atom. The van der Waals surface area contributed by atoms with Gasteiger partial charge in [-0.1, -0.05) is 54.4 Å². The quantitative estimate of drug-likeness (QED) is 0.0281. The molecule has 1 rings (SSSR count). The van der Waals surface area contributed by atoms with E-state index in [1.807, 2.05) is 0 Å². The third-order valence-electron chi connectivity index (χ3n) is 13.0. The smallest absolute Gasteiger partial charge is 0.326 e. The molecule has 10 amide bonds. The van der Waals surface area contributed by atoms with Crippen LogP contribution in [0.5, 0.6) is 0 Å². The summed E-state index contributed by atoms with van der Waals surface area (Å²) in [5.74, 6) is -15.3. The van der Waals surface area contributed by atoms with Crippen LogP contribution in [0.25, 0.3) is 0 Å². The summed E-state index contributed by atoms with van der Waals surface area (Å²) in [6.45, 7) is 12.0. The Kier molecular flexibility index (Phi) is 33.6. The zero-order valence-electron chi connectivity index (χ0n) is 48.4. The van der Waals surface area contributed by atoms with Crippen LogP contribution >= 0.6 is 0 Å². The molecule has 0 aliphatic rings. The van der Waals surface area contributed by atoms with Gasteiger partial charge in [-0.2, -0.15) is 0 Å². The van der Waals surface area contributed by atoms with Crippen molar-refractivity contribution >= 4 is 77.0 Å². The second kappa shape index (κ2) is 38.1. The Balaban J connectivity index is 3.47. The van der Waals surface area contributed by atoms with Crippen molar-refractivity contribution in [2.75, 3.05) is 13.1 Å². The Bertz CT molecular complexity index is 2340. The molecule has 0 saturated heterocycles. The minimum absolute atomic E-state index is 0.0286. The van der Waals surface area contributed by atoms with Gasteiger partial charge in [-0.15, -0.1) is 0 Å². The highest BCUT2D eigenvalue weighted by Gasteiger charge is 2.37. The minimum Gasteiger partial charge on any atom is -0.481 e. The molecule has 0 aliphatic carbocycles. The molecule has 0 unspecified atom stereocenters. The number of imidazole rings is 1. The van der Waals surface area contributed by atoms with E-state index in [0.717, 1.165) is 0 Å².